The zero-order valence-corrected chi connectivity index (χ0v) is 9.09. The van der Waals surface area contributed by atoms with Crippen molar-refractivity contribution >= 4 is 15.9 Å². The minimum atomic E-state index is -3.42. The Bertz CT molecular complexity index is 305. The third kappa shape index (κ3) is 2.68. The number of rotatable bonds is 2. The third-order valence-corrected chi connectivity index (χ3v) is 3.96. The van der Waals surface area contributed by atoms with Gasteiger partial charge in [0.25, 0.3) is 0 Å². The molecule has 0 bridgehead atoms. The van der Waals surface area contributed by atoms with E-state index in [1.54, 1.807) is 11.8 Å². The van der Waals surface area contributed by atoms with Crippen LogP contribution in [0.15, 0.2) is 0 Å². The average molecular weight is 220 g/mol. The summed E-state index contributed by atoms with van der Waals surface area (Å²) in [7, 11) is -3.42. The fourth-order valence-electron chi connectivity index (χ4n) is 1.66. The third-order valence-electron chi connectivity index (χ3n) is 2.56. The quantitative estimate of drug-likeness (QED) is 0.692. The molecular weight excluding hydrogens is 204 g/mol. The maximum atomic E-state index is 11.3. The Morgan fingerprint density at radius 1 is 1.43 bits per heavy atom. The Labute approximate surface area is 84.3 Å². The van der Waals surface area contributed by atoms with E-state index < -0.39 is 15.3 Å². The van der Waals surface area contributed by atoms with Gasteiger partial charge in [-0.1, -0.05) is 6.92 Å². The zero-order chi connectivity index (χ0) is 10.8. The van der Waals surface area contributed by atoms with Gasteiger partial charge in [0.2, 0.25) is 15.9 Å². The summed E-state index contributed by atoms with van der Waals surface area (Å²) in [6.07, 6.45) is 1.40. The van der Waals surface area contributed by atoms with Crippen LogP contribution < -0.4 is 5.14 Å². The van der Waals surface area contributed by atoms with Crippen LogP contribution in [0.1, 0.15) is 26.2 Å². The van der Waals surface area contributed by atoms with Crippen molar-refractivity contribution in [1.82, 2.24) is 4.90 Å². The van der Waals surface area contributed by atoms with Crippen LogP contribution in [0.5, 0.6) is 0 Å². The van der Waals surface area contributed by atoms with E-state index in [2.05, 4.69) is 0 Å². The maximum absolute atomic E-state index is 11.3. The highest BCUT2D eigenvalue weighted by molar-refractivity contribution is 7.89. The van der Waals surface area contributed by atoms with Crippen LogP contribution >= 0.6 is 0 Å². The predicted molar refractivity (Wildman–Crippen MR) is 53.0 cm³/mol. The van der Waals surface area contributed by atoms with E-state index >= 15 is 0 Å². The molecule has 0 aliphatic carbocycles. The van der Waals surface area contributed by atoms with Crippen molar-refractivity contribution in [1.29, 1.82) is 0 Å². The van der Waals surface area contributed by atoms with Gasteiger partial charge in [0, 0.05) is 19.5 Å². The van der Waals surface area contributed by atoms with Gasteiger partial charge in [-0.05, 0) is 12.8 Å². The normalized spacial score (nSPS) is 19.7. The summed E-state index contributed by atoms with van der Waals surface area (Å²) in [5.74, 6) is 0.0814. The first-order valence-corrected chi connectivity index (χ1v) is 6.35. The van der Waals surface area contributed by atoms with Gasteiger partial charge >= 0.3 is 0 Å². The van der Waals surface area contributed by atoms with Gasteiger partial charge in [-0.3, -0.25) is 4.79 Å². The average Bonchev–Trinajstić information content (AvgIpc) is 2.15. The fourth-order valence-corrected chi connectivity index (χ4v) is 2.53. The Morgan fingerprint density at radius 3 is 2.29 bits per heavy atom. The van der Waals surface area contributed by atoms with E-state index in [1.807, 2.05) is 0 Å². The van der Waals surface area contributed by atoms with Gasteiger partial charge in [0.15, 0.2) is 0 Å². The van der Waals surface area contributed by atoms with Gasteiger partial charge < -0.3 is 4.90 Å². The van der Waals surface area contributed by atoms with Gasteiger partial charge in [-0.25, -0.2) is 13.6 Å². The molecule has 0 radical (unpaired) electrons. The Hall–Kier alpha value is -0.620. The van der Waals surface area contributed by atoms with Crippen LogP contribution in [0.2, 0.25) is 0 Å². The minimum Gasteiger partial charge on any atom is -0.343 e. The number of primary sulfonamides is 1. The molecule has 1 aliphatic rings. The smallest absolute Gasteiger partial charge is 0.222 e. The molecule has 0 unspecified atom stereocenters. The molecule has 1 aliphatic heterocycles. The maximum Gasteiger partial charge on any atom is 0.222 e. The number of amides is 1. The molecule has 0 atom stereocenters. The van der Waals surface area contributed by atoms with Crippen LogP contribution in [0.4, 0.5) is 0 Å². The SMILES string of the molecule is CCC(=O)N1CCC(S(N)(=O)=O)CC1. The molecule has 5 nitrogen and oxygen atoms in total. The second kappa shape index (κ2) is 4.27. The summed E-state index contributed by atoms with van der Waals surface area (Å²) in [5, 5.41) is 4.56. The standard InChI is InChI=1S/C8H16N2O3S/c1-2-8(11)10-5-3-7(4-6-10)14(9,12)13/h7H,2-6H2,1H3,(H2,9,12,13). The predicted octanol–water partition coefficient (Wildman–Crippen LogP) is -0.324. The molecule has 0 aromatic carbocycles. The van der Waals surface area contributed by atoms with E-state index in [0.717, 1.165) is 0 Å². The molecule has 0 spiro atoms. The Balaban J connectivity index is 2.51. The van der Waals surface area contributed by atoms with Crippen molar-refractivity contribution in [3.8, 4) is 0 Å². The molecule has 1 fully saturated rings. The van der Waals surface area contributed by atoms with Gasteiger partial charge in [0.05, 0.1) is 5.25 Å². The molecule has 0 saturated carbocycles. The Kier molecular flexibility index (Phi) is 3.49. The lowest BCUT2D eigenvalue weighted by molar-refractivity contribution is -0.131. The largest absolute Gasteiger partial charge is 0.343 e. The van der Waals surface area contributed by atoms with Crippen molar-refractivity contribution < 1.29 is 13.2 Å². The molecule has 1 heterocycles. The molecule has 0 aromatic rings. The van der Waals surface area contributed by atoms with Crippen molar-refractivity contribution in [3.63, 3.8) is 0 Å². The van der Waals surface area contributed by atoms with E-state index in [9.17, 15) is 13.2 Å². The first kappa shape index (κ1) is 11.5. The molecule has 1 saturated heterocycles. The fraction of sp³-hybridized carbons (Fsp3) is 0.875. The number of nitrogens with two attached hydrogens (primary N) is 1. The summed E-state index contributed by atoms with van der Waals surface area (Å²) in [5.41, 5.74) is 0. The van der Waals surface area contributed by atoms with E-state index in [1.165, 1.54) is 0 Å². The van der Waals surface area contributed by atoms with Crippen LogP contribution in [-0.2, 0) is 14.8 Å². The lowest BCUT2D eigenvalue weighted by atomic mass is 10.1. The summed E-state index contributed by atoms with van der Waals surface area (Å²) in [6, 6.07) is 0. The zero-order valence-electron chi connectivity index (χ0n) is 8.27. The summed E-state index contributed by atoms with van der Waals surface area (Å²) in [6.45, 7) is 2.82. The van der Waals surface area contributed by atoms with Gasteiger partial charge in [-0.15, -0.1) is 0 Å². The van der Waals surface area contributed by atoms with Gasteiger partial charge in [-0.2, -0.15) is 0 Å². The lowest BCUT2D eigenvalue weighted by Crippen LogP contribution is -2.43. The number of likely N-dealkylation sites (tertiary alicyclic amines) is 1. The second-order valence-electron chi connectivity index (χ2n) is 3.52. The summed E-state index contributed by atoms with van der Waals surface area (Å²) >= 11 is 0. The van der Waals surface area contributed by atoms with Crippen molar-refractivity contribution in [3.05, 3.63) is 0 Å². The molecule has 14 heavy (non-hydrogen) atoms. The van der Waals surface area contributed by atoms with E-state index in [4.69, 9.17) is 5.14 Å². The lowest BCUT2D eigenvalue weighted by Gasteiger charge is -2.30. The second-order valence-corrected chi connectivity index (χ2v) is 5.37. The van der Waals surface area contributed by atoms with Crippen LogP contribution in [-0.4, -0.2) is 37.6 Å². The van der Waals surface area contributed by atoms with Crippen LogP contribution in [0.3, 0.4) is 0 Å². The Morgan fingerprint density at radius 2 is 1.93 bits per heavy atom. The van der Waals surface area contributed by atoms with Crippen LogP contribution in [0.25, 0.3) is 0 Å². The first-order valence-electron chi connectivity index (χ1n) is 4.74. The number of carbonyl (C=O) groups excluding carboxylic acids is 1. The minimum absolute atomic E-state index is 0.0814. The topological polar surface area (TPSA) is 80.5 Å². The van der Waals surface area contributed by atoms with Crippen molar-refractivity contribution in [2.45, 2.75) is 31.4 Å². The molecule has 6 heteroatoms. The van der Waals surface area contributed by atoms with E-state index in [-0.39, 0.29) is 5.91 Å². The molecule has 1 amide bonds. The molecular formula is C8H16N2O3S. The first-order chi connectivity index (χ1) is 6.45. The number of carbonyl (C=O) groups is 1. The number of piperidine rings is 1. The molecule has 1 rings (SSSR count). The van der Waals surface area contributed by atoms with Crippen molar-refractivity contribution in [2.24, 2.45) is 5.14 Å². The number of nitrogens with zero attached hydrogens (tertiary/aromatic N) is 1. The number of hydrogen-bond donors (Lipinski definition) is 1. The highest BCUT2D eigenvalue weighted by Gasteiger charge is 2.28. The number of sulfonamides is 1. The number of hydrogen-bond acceptors (Lipinski definition) is 3. The highest BCUT2D eigenvalue weighted by Crippen LogP contribution is 2.16. The summed E-state index contributed by atoms with van der Waals surface area (Å²) in [4.78, 5) is 13.0. The van der Waals surface area contributed by atoms with E-state index in [0.29, 0.717) is 32.4 Å². The summed E-state index contributed by atoms with van der Waals surface area (Å²) < 4.78 is 22.0. The van der Waals surface area contributed by atoms with Gasteiger partial charge in [0.1, 0.15) is 0 Å². The molecule has 2 N–H and O–H groups in total. The monoisotopic (exact) mass is 220 g/mol. The van der Waals surface area contributed by atoms with Crippen LogP contribution in [0, 0.1) is 0 Å². The molecule has 0 aromatic heterocycles. The van der Waals surface area contributed by atoms with Crippen molar-refractivity contribution in [2.75, 3.05) is 13.1 Å². The molecule has 82 valence electrons. The highest BCUT2D eigenvalue weighted by atomic mass is 32.2.